The molecule has 1 amide bonds. The normalized spacial score (nSPS) is 20.8. The fourth-order valence-corrected chi connectivity index (χ4v) is 4.45. The average molecular weight is 357 g/mol. The summed E-state index contributed by atoms with van der Waals surface area (Å²) in [5.41, 5.74) is 1.83. The van der Waals surface area contributed by atoms with Crippen LogP contribution in [0.2, 0.25) is 0 Å². The molecule has 0 bridgehead atoms. The third kappa shape index (κ3) is 3.17. The zero-order chi connectivity index (χ0) is 18.0. The van der Waals surface area contributed by atoms with Gasteiger partial charge in [0.05, 0.1) is 10.9 Å². The van der Waals surface area contributed by atoms with Crippen molar-refractivity contribution in [3.8, 4) is 0 Å². The largest absolute Gasteiger partial charge is 0.448 e. The Hall–Kier alpha value is -2.60. The zero-order valence-corrected chi connectivity index (χ0v) is 14.6. The highest BCUT2D eigenvalue weighted by Crippen LogP contribution is 2.33. The number of aryl methyl sites for hydroxylation is 1. The summed E-state index contributed by atoms with van der Waals surface area (Å²) in [7, 11) is -4.04. The van der Waals surface area contributed by atoms with Crippen LogP contribution in [0, 0.1) is 6.92 Å². The van der Waals surface area contributed by atoms with Gasteiger partial charge in [-0.15, -0.1) is 6.58 Å². The maximum Gasteiger partial charge on any atom is 0.424 e. The third-order valence-corrected chi connectivity index (χ3v) is 6.07. The van der Waals surface area contributed by atoms with Gasteiger partial charge < -0.3 is 4.74 Å². The molecule has 0 unspecified atom stereocenters. The summed E-state index contributed by atoms with van der Waals surface area (Å²) in [6.45, 7) is 5.73. The number of sulfonamides is 1. The summed E-state index contributed by atoms with van der Waals surface area (Å²) in [6, 6.07) is 15.0. The molecule has 1 fully saturated rings. The number of carbonyl (C=O) groups is 1. The lowest BCUT2D eigenvalue weighted by molar-refractivity contribution is 0.0758. The Labute approximate surface area is 147 Å². The Bertz CT molecular complexity index is 875. The maximum absolute atomic E-state index is 13.0. The lowest BCUT2D eigenvalue weighted by Crippen LogP contribution is -2.51. The maximum atomic E-state index is 13.0. The minimum absolute atomic E-state index is 0.0515. The molecule has 0 radical (unpaired) electrons. The zero-order valence-electron chi connectivity index (χ0n) is 13.8. The fraction of sp³-hybridized carbons (Fsp3) is 0.211. The molecule has 1 aliphatic heterocycles. The molecular formula is C19H19NO4S. The molecule has 0 aromatic heterocycles. The topological polar surface area (TPSA) is 63.7 Å². The highest BCUT2D eigenvalue weighted by molar-refractivity contribution is 7.89. The Morgan fingerprint density at radius 1 is 1.12 bits per heavy atom. The number of benzene rings is 2. The van der Waals surface area contributed by atoms with Crippen molar-refractivity contribution in [3.05, 3.63) is 78.4 Å². The van der Waals surface area contributed by atoms with Crippen LogP contribution in [0.1, 0.15) is 17.0 Å². The monoisotopic (exact) mass is 357 g/mol. The van der Waals surface area contributed by atoms with Gasteiger partial charge in [0.15, 0.2) is 0 Å². The minimum Gasteiger partial charge on any atom is -0.448 e. The molecule has 3 rings (SSSR count). The molecule has 6 heteroatoms. The van der Waals surface area contributed by atoms with Gasteiger partial charge in [-0.25, -0.2) is 13.2 Å². The van der Waals surface area contributed by atoms with Crippen LogP contribution in [0.5, 0.6) is 0 Å². The van der Waals surface area contributed by atoms with Crippen LogP contribution in [0.4, 0.5) is 4.79 Å². The van der Waals surface area contributed by atoms with Gasteiger partial charge in [-0.05, 0) is 24.6 Å². The molecule has 25 heavy (non-hydrogen) atoms. The molecule has 1 saturated heterocycles. The smallest absolute Gasteiger partial charge is 0.424 e. The number of hydrogen-bond acceptors (Lipinski definition) is 4. The summed E-state index contributed by atoms with van der Waals surface area (Å²) >= 11 is 0. The number of cyclic esters (lactones) is 1. The highest BCUT2D eigenvalue weighted by atomic mass is 32.2. The molecule has 130 valence electrons. The summed E-state index contributed by atoms with van der Waals surface area (Å²) in [4.78, 5) is 12.4. The van der Waals surface area contributed by atoms with Gasteiger partial charge in [0.2, 0.25) is 0 Å². The predicted octanol–water partition coefficient (Wildman–Crippen LogP) is 3.47. The summed E-state index contributed by atoms with van der Waals surface area (Å²) < 4.78 is 32.0. The van der Waals surface area contributed by atoms with Crippen LogP contribution in [0.15, 0.2) is 72.1 Å². The van der Waals surface area contributed by atoms with Gasteiger partial charge in [0, 0.05) is 5.92 Å². The predicted molar refractivity (Wildman–Crippen MR) is 94.7 cm³/mol. The van der Waals surface area contributed by atoms with E-state index in [1.54, 1.807) is 12.1 Å². The van der Waals surface area contributed by atoms with E-state index < -0.39 is 22.2 Å². The van der Waals surface area contributed by atoms with Crippen molar-refractivity contribution >= 4 is 16.1 Å². The van der Waals surface area contributed by atoms with E-state index in [1.807, 2.05) is 37.3 Å². The quantitative estimate of drug-likeness (QED) is 0.786. The Kier molecular flexibility index (Phi) is 4.63. The van der Waals surface area contributed by atoms with Crippen molar-refractivity contribution in [1.82, 2.24) is 4.31 Å². The first-order chi connectivity index (χ1) is 11.9. The van der Waals surface area contributed by atoms with E-state index in [4.69, 9.17) is 4.74 Å². The van der Waals surface area contributed by atoms with Gasteiger partial charge in [-0.2, -0.15) is 4.31 Å². The van der Waals surface area contributed by atoms with Gasteiger partial charge in [0.1, 0.15) is 6.61 Å². The number of carbonyl (C=O) groups excluding carboxylic acids is 1. The molecule has 2 atom stereocenters. The lowest BCUT2D eigenvalue weighted by atomic mass is 9.91. The second-order valence-electron chi connectivity index (χ2n) is 5.93. The SMILES string of the molecule is C=C[C@H]1[C@@H](c2ccccc2)COC(=O)N1S(=O)(=O)c1ccc(C)cc1. The van der Waals surface area contributed by atoms with E-state index in [0.29, 0.717) is 0 Å². The van der Waals surface area contributed by atoms with Gasteiger partial charge in [-0.1, -0.05) is 54.1 Å². The van der Waals surface area contributed by atoms with Crippen LogP contribution in [-0.2, 0) is 14.8 Å². The fourth-order valence-electron chi connectivity index (χ4n) is 2.94. The van der Waals surface area contributed by atoms with E-state index in [-0.39, 0.29) is 17.4 Å². The van der Waals surface area contributed by atoms with Crippen molar-refractivity contribution in [2.75, 3.05) is 6.61 Å². The van der Waals surface area contributed by atoms with Gasteiger partial charge >= 0.3 is 6.09 Å². The van der Waals surface area contributed by atoms with Crippen LogP contribution < -0.4 is 0 Å². The average Bonchev–Trinajstić information content (AvgIpc) is 2.62. The Balaban J connectivity index is 2.04. The standard InChI is InChI=1S/C19H19NO4S/c1-3-18-17(15-7-5-4-6-8-15)13-24-19(21)20(18)25(22,23)16-11-9-14(2)10-12-16/h3-12,17-18H,1,13H2,2H3/t17-,18+/m1/s1. The summed E-state index contributed by atoms with van der Waals surface area (Å²) in [6.07, 6.45) is 0.613. The molecule has 0 spiro atoms. The number of rotatable bonds is 4. The molecule has 5 nitrogen and oxygen atoms in total. The second kappa shape index (κ2) is 6.72. The van der Waals surface area contributed by atoms with Crippen molar-refractivity contribution in [2.45, 2.75) is 23.8 Å². The van der Waals surface area contributed by atoms with E-state index in [1.165, 1.54) is 18.2 Å². The molecule has 2 aromatic rings. The second-order valence-corrected chi connectivity index (χ2v) is 7.75. The lowest BCUT2D eigenvalue weighted by Gasteiger charge is -2.38. The number of ether oxygens (including phenoxy) is 1. The van der Waals surface area contributed by atoms with Crippen LogP contribution in [-0.4, -0.2) is 31.5 Å². The van der Waals surface area contributed by atoms with Crippen LogP contribution >= 0.6 is 0 Å². The van der Waals surface area contributed by atoms with Crippen molar-refractivity contribution < 1.29 is 17.9 Å². The molecule has 0 aliphatic carbocycles. The molecule has 1 heterocycles. The van der Waals surface area contributed by atoms with E-state index in [2.05, 4.69) is 6.58 Å². The van der Waals surface area contributed by atoms with E-state index in [9.17, 15) is 13.2 Å². The first kappa shape index (κ1) is 17.2. The molecule has 1 aliphatic rings. The van der Waals surface area contributed by atoms with E-state index >= 15 is 0 Å². The number of hydrogen-bond donors (Lipinski definition) is 0. The van der Waals surface area contributed by atoms with Crippen molar-refractivity contribution in [1.29, 1.82) is 0 Å². The Morgan fingerprint density at radius 3 is 2.36 bits per heavy atom. The molecule has 2 aromatic carbocycles. The number of nitrogens with zero attached hydrogens (tertiary/aromatic N) is 1. The van der Waals surface area contributed by atoms with Gasteiger partial charge in [0.25, 0.3) is 10.0 Å². The summed E-state index contributed by atoms with van der Waals surface area (Å²) in [5.74, 6) is -0.309. The number of amides is 1. The molecular weight excluding hydrogens is 338 g/mol. The Morgan fingerprint density at radius 2 is 1.76 bits per heavy atom. The first-order valence-electron chi connectivity index (χ1n) is 7.90. The summed E-state index contributed by atoms with van der Waals surface area (Å²) in [5, 5.41) is 0. The van der Waals surface area contributed by atoms with Gasteiger partial charge in [-0.3, -0.25) is 0 Å². The first-order valence-corrected chi connectivity index (χ1v) is 9.34. The molecule has 0 saturated carbocycles. The molecule has 0 N–H and O–H groups in total. The van der Waals surface area contributed by atoms with Crippen molar-refractivity contribution in [3.63, 3.8) is 0 Å². The van der Waals surface area contributed by atoms with Crippen molar-refractivity contribution in [2.24, 2.45) is 0 Å². The third-order valence-electron chi connectivity index (χ3n) is 4.30. The van der Waals surface area contributed by atoms with E-state index in [0.717, 1.165) is 15.4 Å². The van der Waals surface area contributed by atoms with Crippen LogP contribution in [0.3, 0.4) is 0 Å². The minimum atomic E-state index is -4.04. The van der Waals surface area contributed by atoms with Crippen LogP contribution in [0.25, 0.3) is 0 Å². The highest BCUT2D eigenvalue weighted by Gasteiger charge is 2.44.